The summed E-state index contributed by atoms with van der Waals surface area (Å²) in [5.74, 6) is 0.362. The van der Waals surface area contributed by atoms with Gasteiger partial charge < -0.3 is 14.9 Å². The van der Waals surface area contributed by atoms with E-state index in [0.717, 1.165) is 8.95 Å². The lowest BCUT2D eigenvalue weighted by molar-refractivity contribution is 0.382. The zero-order valence-corrected chi connectivity index (χ0v) is 15.5. The van der Waals surface area contributed by atoms with Gasteiger partial charge in [0.05, 0.1) is 8.95 Å². The molecule has 2 N–H and O–H groups in total. The highest BCUT2D eigenvalue weighted by Crippen LogP contribution is 2.44. The first-order chi connectivity index (χ1) is 8.88. The Kier molecular flexibility index (Phi) is 4.81. The fourth-order valence-electron chi connectivity index (χ4n) is 1.36. The molecule has 0 amide bonds. The summed E-state index contributed by atoms with van der Waals surface area (Å²) in [6.07, 6.45) is 0. The van der Waals surface area contributed by atoms with E-state index in [-0.39, 0.29) is 23.0 Å². The van der Waals surface area contributed by atoms with Gasteiger partial charge in [0.2, 0.25) is 0 Å². The van der Waals surface area contributed by atoms with Crippen LogP contribution in [0.5, 0.6) is 23.0 Å². The number of rotatable bonds is 2. The van der Waals surface area contributed by atoms with Gasteiger partial charge >= 0.3 is 0 Å². The van der Waals surface area contributed by atoms with Crippen LogP contribution in [0.25, 0.3) is 0 Å². The molecule has 0 atom stereocenters. The Morgan fingerprint density at radius 1 is 0.684 bits per heavy atom. The quantitative estimate of drug-likeness (QED) is 0.518. The molecule has 100 valence electrons. The van der Waals surface area contributed by atoms with E-state index >= 15 is 0 Å². The Morgan fingerprint density at radius 2 is 1.05 bits per heavy atom. The van der Waals surface area contributed by atoms with Crippen LogP contribution in [0.3, 0.4) is 0 Å². The number of ether oxygens (including phenoxy) is 1. The largest absolute Gasteiger partial charge is 0.503 e. The molecule has 7 heteroatoms. The van der Waals surface area contributed by atoms with E-state index in [4.69, 9.17) is 4.74 Å². The molecule has 2 aromatic carbocycles. The summed E-state index contributed by atoms with van der Waals surface area (Å²) in [6, 6.07) is 6.60. The minimum absolute atomic E-state index is 0.0429. The van der Waals surface area contributed by atoms with Gasteiger partial charge in [-0.2, -0.15) is 0 Å². The summed E-state index contributed by atoms with van der Waals surface area (Å²) < 4.78 is 8.00. The van der Waals surface area contributed by atoms with Crippen LogP contribution in [0, 0.1) is 0 Å². The number of hydrogen-bond acceptors (Lipinski definition) is 3. The summed E-state index contributed by atoms with van der Waals surface area (Å²) >= 11 is 13.0. The maximum atomic E-state index is 9.92. The second-order valence-corrected chi connectivity index (χ2v) is 7.11. The first kappa shape index (κ1) is 15.2. The van der Waals surface area contributed by atoms with Crippen LogP contribution in [0.2, 0.25) is 0 Å². The van der Waals surface area contributed by atoms with Crippen LogP contribution in [0.4, 0.5) is 0 Å². The van der Waals surface area contributed by atoms with Crippen molar-refractivity contribution in [3.05, 3.63) is 42.2 Å². The summed E-state index contributed by atoms with van der Waals surface area (Å²) in [5.41, 5.74) is 0. The molecule has 0 saturated heterocycles. The van der Waals surface area contributed by atoms with Crippen molar-refractivity contribution in [1.82, 2.24) is 0 Å². The smallest absolute Gasteiger partial charge is 0.172 e. The minimum Gasteiger partial charge on any atom is -0.503 e. The highest BCUT2D eigenvalue weighted by Gasteiger charge is 2.14. The third kappa shape index (κ3) is 3.45. The molecule has 0 bridgehead atoms. The van der Waals surface area contributed by atoms with Crippen LogP contribution in [0.15, 0.2) is 42.2 Å². The van der Waals surface area contributed by atoms with E-state index in [9.17, 15) is 10.2 Å². The van der Waals surface area contributed by atoms with Crippen LogP contribution < -0.4 is 4.74 Å². The molecule has 19 heavy (non-hydrogen) atoms. The maximum Gasteiger partial charge on any atom is 0.172 e. The van der Waals surface area contributed by atoms with E-state index in [1.165, 1.54) is 0 Å². The Hall–Kier alpha value is -0.240. The van der Waals surface area contributed by atoms with Crippen molar-refractivity contribution in [3.8, 4) is 23.0 Å². The molecule has 2 rings (SSSR count). The Bertz CT molecular complexity index is 588. The van der Waals surface area contributed by atoms with Gasteiger partial charge in [-0.05, 0) is 56.1 Å². The topological polar surface area (TPSA) is 49.7 Å². The van der Waals surface area contributed by atoms with Crippen LogP contribution in [-0.2, 0) is 0 Å². The van der Waals surface area contributed by atoms with Crippen molar-refractivity contribution in [3.63, 3.8) is 0 Å². The van der Waals surface area contributed by atoms with Crippen molar-refractivity contribution in [2.75, 3.05) is 0 Å². The minimum atomic E-state index is -0.0429. The molecule has 0 aliphatic carbocycles. The standard InChI is InChI=1S/C12H6Br4O3/c13-5-1-7(15)11(17)9(3-5)19-10-4-6(14)2-8(16)12(10)18/h1-4,17-18H. The van der Waals surface area contributed by atoms with Crippen LogP contribution in [0.1, 0.15) is 0 Å². The molecule has 2 aromatic rings. The molecule has 0 heterocycles. The molecule has 0 saturated carbocycles. The molecule has 3 nitrogen and oxygen atoms in total. The van der Waals surface area contributed by atoms with Gasteiger partial charge in [0.15, 0.2) is 23.0 Å². The third-order valence-corrected chi connectivity index (χ3v) is 4.33. The summed E-state index contributed by atoms with van der Waals surface area (Å²) in [7, 11) is 0. The molecular formula is C12H6Br4O3. The van der Waals surface area contributed by atoms with E-state index in [2.05, 4.69) is 63.7 Å². The lowest BCUT2D eigenvalue weighted by Gasteiger charge is -2.12. The Balaban J connectivity index is 2.47. The van der Waals surface area contributed by atoms with E-state index in [1.807, 2.05) is 0 Å². The number of halogens is 4. The maximum absolute atomic E-state index is 9.92. The summed E-state index contributed by atoms with van der Waals surface area (Å²) in [5, 5.41) is 19.8. The summed E-state index contributed by atoms with van der Waals surface area (Å²) in [4.78, 5) is 0. The average Bonchev–Trinajstić information content (AvgIpc) is 2.31. The van der Waals surface area contributed by atoms with Gasteiger partial charge in [0.1, 0.15) is 0 Å². The zero-order chi connectivity index (χ0) is 14.2. The van der Waals surface area contributed by atoms with Crippen LogP contribution >= 0.6 is 63.7 Å². The lowest BCUT2D eigenvalue weighted by atomic mass is 10.3. The number of benzene rings is 2. The van der Waals surface area contributed by atoms with Crippen molar-refractivity contribution in [2.24, 2.45) is 0 Å². The first-order valence-corrected chi connectivity index (χ1v) is 8.09. The monoisotopic (exact) mass is 514 g/mol. The van der Waals surface area contributed by atoms with Crippen molar-refractivity contribution in [2.45, 2.75) is 0 Å². The van der Waals surface area contributed by atoms with Gasteiger partial charge in [-0.25, -0.2) is 0 Å². The second-order valence-electron chi connectivity index (χ2n) is 3.57. The summed E-state index contributed by atoms with van der Waals surface area (Å²) in [6.45, 7) is 0. The Morgan fingerprint density at radius 3 is 1.42 bits per heavy atom. The van der Waals surface area contributed by atoms with Crippen molar-refractivity contribution < 1.29 is 14.9 Å². The van der Waals surface area contributed by atoms with Crippen LogP contribution in [-0.4, -0.2) is 10.2 Å². The highest BCUT2D eigenvalue weighted by molar-refractivity contribution is 9.11. The van der Waals surface area contributed by atoms with E-state index < -0.39 is 0 Å². The van der Waals surface area contributed by atoms with Gasteiger partial charge in [0, 0.05) is 8.95 Å². The second kappa shape index (κ2) is 6.03. The lowest BCUT2D eigenvalue weighted by Crippen LogP contribution is -1.88. The fourth-order valence-corrected chi connectivity index (χ4v) is 3.73. The van der Waals surface area contributed by atoms with Gasteiger partial charge in [-0.15, -0.1) is 0 Å². The van der Waals surface area contributed by atoms with E-state index in [0.29, 0.717) is 8.95 Å². The van der Waals surface area contributed by atoms with Crippen molar-refractivity contribution >= 4 is 63.7 Å². The number of phenols is 2. The third-order valence-electron chi connectivity index (χ3n) is 2.21. The Labute approximate surface area is 143 Å². The normalized spacial score (nSPS) is 10.5. The van der Waals surface area contributed by atoms with Gasteiger partial charge in [-0.1, -0.05) is 31.9 Å². The number of aromatic hydroxyl groups is 2. The molecule has 0 aliphatic rings. The van der Waals surface area contributed by atoms with Crippen molar-refractivity contribution in [1.29, 1.82) is 0 Å². The molecule has 0 spiro atoms. The molecule has 0 aliphatic heterocycles. The number of phenolic OH excluding ortho intramolecular Hbond substituents is 2. The number of hydrogen-bond donors (Lipinski definition) is 2. The fraction of sp³-hybridized carbons (Fsp3) is 0. The molecule has 0 radical (unpaired) electrons. The highest BCUT2D eigenvalue weighted by atomic mass is 79.9. The predicted octanol–water partition coefficient (Wildman–Crippen LogP) is 5.94. The molecule has 0 aromatic heterocycles. The van der Waals surface area contributed by atoms with Gasteiger partial charge in [-0.3, -0.25) is 0 Å². The zero-order valence-electron chi connectivity index (χ0n) is 9.12. The predicted molar refractivity (Wildman–Crippen MR) is 87.1 cm³/mol. The first-order valence-electron chi connectivity index (χ1n) is 4.92. The SMILES string of the molecule is Oc1c(Br)cc(Br)cc1Oc1cc(Br)cc(Br)c1O. The molecule has 0 unspecified atom stereocenters. The average molecular weight is 518 g/mol. The van der Waals surface area contributed by atoms with Gasteiger partial charge in [0.25, 0.3) is 0 Å². The van der Waals surface area contributed by atoms with E-state index in [1.54, 1.807) is 24.3 Å². The molecule has 0 fully saturated rings. The molecular weight excluding hydrogens is 512 g/mol.